The van der Waals surface area contributed by atoms with E-state index in [4.69, 9.17) is 0 Å². The largest absolute Gasteiger partial charge is 0.393 e. The molecule has 1 aromatic rings. The molecule has 0 unspecified atom stereocenters. The van der Waals surface area contributed by atoms with E-state index in [1.54, 1.807) is 6.20 Å². The Balaban J connectivity index is 1.49. The summed E-state index contributed by atoms with van der Waals surface area (Å²) in [5.74, 6) is 0. The number of imidazole rings is 1. The first-order valence-electron chi connectivity index (χ1n) is 6.47. The van der Waals surface area contributed by atoms with Crippen LogP contribution in [-0.2, 0) is 6.54 Å². The van der Waals surface area contributed by atoms with Gasteiger partial charge in [-0.3, -0.25) is 10.9 Å². The highest BCUT2D eigenvalue weighted by Gasteiger charge is 2.18. The lowest BCUT2D eigenvalue weighted by molar-refractivity contribution is 0.113. The molecule has 1 saturated carbocycles. The molecule has 17 heavy (non-hydrogen) atoms. The van der Waals surface area contributed by atoms with Crippen molar-refractivity contribution < 1.29 is 5.11 Å². The van der Waals surface area contributed by atoms with Gasteiger partial charge in [0.2, 0.25) is 0 Å². The molecule has 5 nitrogen and oxygen atoms in total. The smallest absolute Gasteiger partial charge is 0.0945 e. The number of aromatic nitrogens is 2. The van der Waals surface area contributed by atoms with Crippen molar-refractivity contribution in [3.63, 3.8) is 0 Å². The molecule has 1 aromatic heterocycles. The molecule has 1 aliphatic carbocycles. The topological polar surface area (TPSA) is 62.1 Å². The molecule has 0 bridgehead atoms. The average Bonchev–Trinajstić information content (AvgIpc) is 2.84. The van der Waals surface area contributed by atoms with E-state index in [0.717, 1.165) is 45.2 Å². The van der Waals surface area contributed by atoms with E-state index >= 15 is 0 Å². The Morgan fingerprint density at radius 1 is 1.29 bits per heavy atom. The Kier molecular flexibility index (Phi) is 4.97. The summed E-state index contributed by atoms with van der Waals surface area (Å²) >= 11 is 0. The minimum absolute atomic E-state index is 0.0747. The number of aliphatic hydroxyl groups is 1. The van der Waals surface area contributed by atoms with Crippen molar-refractivity contribution in [1.29, 1.82) is 0 Å². The van der Waals surface area contributed by atoms with Crippen LogP contribution in [0.15, 0.2) is 18.7 Å². The van der Waals surface area contributed by atoms with E-state index in [0.29, 0.717) is 6.04 Å². The van der Waals surface area contributed by atoms with E-state index in [-0.39, 0.29) is 6.10 Å². The molecule has 0 atom stereocenters. The molecule has 1 fully saturated rings. The third kappa shape index (κ3) is 4.46. The molecule has 0 spiro atoms. The van der Waals surface area contributed by atoms with Crippen molar-refractivity contribution in [2.45, 2.75) is 50.8 Å². The van der Waals surface area contributed by atoms with Crippen LogP contribution in [0.1, 0.15) is 32.1 Å². The third-order valence-corrected chi connectivity index (χ3v) is 3.28. The van der Waals surface area contributed by atoms with Gasteiger partial charge in [0, 0.05) is 31.5 Å². The second-order valence-electron chi connectivity index (χ2n) is 4.73. The summed E-state index contributed by atoms with van der Waals surface area (Å²) in [6.07, 6.45) is 10.6. The molecule has 3 N–H and O–H groups in total. The zero-order valence-corrected chi connectivity index (χ0v) is 10.2. The fourth-order valence-corrected chi connectivity index (χ4v) is 2.21. The van der Waals surface area contributed by atoms with E-state index in [1.807, 2.05) is 12.5 Å². The highest BCUT2D eigenvalue weighted by Crippen LogP contribution is 2.17. The summed E-state index contributed by atoms with van der Waals surface area (Å²) in [5, 5.41) is 9.39. The standard InChI is InChI=1S/C12H22N4O/c17-12-4-2-11(3-5-12)15-14-6-1-8-16-9-7-13-10-16/h7,9-12,14-15,17H,1-6,8H2. The van der Waals surface area contributed by atoms with Crippen LogP contribution < -0.4 is 10.9 Å². The number of aliphatic hydroxyl groups excluding tert-OH is 1. The van der Waals surface area contributed by atoms with Crippen LogP contribution in [0.3, 0.4) is 0 Å². The molecule has 0 radical (unpaired) electrons. The minimum Gasteiger partial charge on any atom is -0.393 e. The van der Waals surface area contributed by atoms with Gasteiger partial charge in [0.1, 0.15) is 0 Å². The number of hydrogen-bond donors (Lipinski definition) is 3. The van der Waals surface area contributed by atoms with Gasteiger partial charge < -0.3 is 9.67 Å². The molecular weight excluding hydrogens is 216 g/mol. The molecule has 0 aliphatic heterocycles. The summed E-state index contributed by atoms with van der Waals surface area (Å²) in [4.78, 5) is 4.00. The summed E-state index contributed by atoms with van der Waals surface area (Å²) in [7, 11) is 0. The molecule has 0 amide bonds. The summed E-state index contributed by atoms with van der Waals surface area (Å²) < 4.78 is 2.08. The predicted molar refractivity (Wildman–Crippen MR) is 66.2 cm³/mol. The van der Waals surface area contributed by atoms with Gasteiger partial charge in [0.05, 0.1) is 12.4 Å². The Bertz CT molecular complexity index is 293. The quantitative estimate of drug-likeness (QED) is 0.503. The van der Waals surface area contributed by atoms with Gasteiger partial charge in [0.15, 0.2) is 0 Å². The second kappa shape index (κ2) is 6.74. The fraction of sp³-hybridized carbons (Fsp3) is 0.750. The number of nitrogens with zero attached hydrogens (tertiary/aromatic N) is 2. The second-order valence-corrected chi connectivity index (χ2v) is 4.73. The molecule has 5 heteroatoms. The van der Waals surface area contributed by atoms with Crippen LogP contribution in [0.25, 0.3) is 0 Å². The molecule has 0 aromatic carbocycles. The Morgan fingerprint density at radius 3 is 2.82 bits per heavy atom. The predicted octanol–water partition coefficient (Wildman–Crippen LogP) is 0.671. The number of rotatable bonds is 6. The van der Waals surface area contributed by atoms with Gasteiger partial charge in [-0.2, -0.15) is 0 Å². The Labute approximate surface area is 102 Å². The SMILES string of the molecule is OC1CCC(NNCCCn2ccnc2)CC1. The number of hydrogen-bond acceptors (Lipinski definition) is 4. The van der Waals surface area contributed by atoms with Crippen molar-refractivity contribution in [1.82, 2.24) is 20.4 Å². The van der Waals surface area contributed by atoms with Crippen molar-refractivity contribution >= 4 is 0 Å². The molecule has 2 rings (SSSR count). The van der Waals surface area contributed by atoms with Gasteiger partial charge in [-0.15, -0.1) is 0 Å². The van der Waals surface area contributed by atoms with Gasteiger partial charge in [-0.05, 0) is 32.1 Å². The van der Waals surface area contributed by atoms with Crippen LogP contribution in [-0.4, -0.2) is 33.3 Å². The zero-order valence-electron chi connectivity index (χ0n) is 10.2. The van der Waals surface area contributed by atoms with E-state index < -0.39 is 0 Å². The summed E-state index contributed by atoms with van der Waals surface area (Å²) in [6.45, 7) is 1.95. The first kappa shape index (κ1) is 12.5. The zero-order chi connectivity index (χ0) is 11.9. The molecule has 0 saturated heterocycles. The van der Waals surface area contributed by atoms with E-state index in [1.165, 1.54) is 0 Å². The van der Waals surface area contributed by atoms with Crippen LogP contribution in [0.2, 0.25) is 0 Å². The van der Waals surface area contributed by atoms with Crippen molar-refractivity contribution in [2.24, 2.45) is 0 Å². The Hall–Kier alpha value is -0.910. The highest BCUT2D eigenvalue weighted by molar-refractivity contribution is 4.75. The van der Waals surface area contributed by atoms with Gasteiger partial charge in [-0.1, -0.05) is 0 Å². The van der Waals surface area contributed by atoms with Crippen molar-refractivity contribution in [3.05, 3.63) is 18.7 Å². The molecule has 1 aliphatic rings. The number of aryl methyl sites for hydroxylation is 1. The fourth-order valence-electron chi connectivity index (χ4n) is 2.21. The van der Waals surface area contributed by atoms with Gasteiger partial charge in [0.25, 0.3) is 0 Å². The maximum atomic E-state index is 9.39. The van der Waals surface area contributed by atoms with Gasteiger partial charge >= 0.3 is 0 Å². The summed E-state index contributed by atoms with van der Waals surface area (Å²) in [6, 6.07) is 0.520. The summed E-state index contributed by atoms with van der Waals surface area (Å²) in [5.41, 5.74) is 6.60. The van der Waals surface area contributed by atoms with Crippen LogP contribution >= 0.6 is 0 Å². The van der Waals surface area contributed by atoms with Crippen LogP contribution in [0, 0.1) is 0 Å². The number of hydrazine groups is 1. The van der Waals surface area contributed by atoms with Crippen molar-refractivity contribution in [3.8, 4) is 0 Å². The van der Waals surface area contributed by atoms with Crippen LogP contribution in [0.4, 0.5) is 0 Å². The molecular formula is C12H22N4O. The first-order chi connectivity index (χ1) is 8.34. The van der Waals surface area contributed by atoms with Crippen molar-refractivity contribution in [2.75, 3.05) is 6.54 Å². The third-order valence-electron chi connectivity index (χ3n) is 3.28. The Morgan fingerprint density at radius 2 is 2.12 bits per heavy atom. The number of nitrogens with one attached hydrogen (secondary N) is 2. The molecule has 1 heterocycles. The average molecular weight is 238 g/mol. The maximum Gasteiger partial charge on any atom is 0.0945 e. The monoisotopic (exact) mass is 238 g/mol. The van der Waals surface area contributed by atoms with Gasteiger partial charge in [-0.25, -0.2) is 4.98 Å². The van der Waals surface area contributed by atoms with E-state index in [9.17, 15) is 5.11 Å². The molecule has 96 valence electrons. The first-order valence-corrected chi connectivity index (χ1v) is 6.47. The normalized spacial score (nSPS) is 25.0. The van der Waals surface area contributed by atoms with E-state index in [2.05, 4.69) is 20.4 Å². The lowest BCUT2D eigenvalue weighted by Crippen LogP contribution is -2.43. The van der Waals surface area contributed by atoms with Crippen LogP contribution in [0.5, 0.6) is 0 Å². The lowest BCUT2D eigenvalue weighted by Gasteiger charge is -2.26. The minimum atomic E-state index is -0.0747. The highest BCUT2D eigenvalue weighted by atomic mass is 16.3. The maximum absolute atomic E-state index is 9.39. The lowest BCUT2D eigenvalue weighted by atomic mass is 9.94.